The van der Waals surface area contributed by atoms with Crippen LogP contribution in [0.5, 0.6) is 11.5 Å². The highest BCUT2D eigenvalue weighted by Crippen LogP contribution is 2.49. The van der Waals surface area contributed by atoms with Gasteiger partial charge in [-0.25, -0.2) is 0 Å². The van der Waals surface area contributed by atoms with Crippen molar-refractivity contribution >= 4 is 28.8 Å². The first-order valence-corrected chi connectivity index (χ1v) is 9.73. The summed E-state index contributed by atoms with van der Waals surface area (Å²) in [6, 6.07) is 13.1. The molecule has 2 fully saturated rings. The number of fused-ring (bicyclic) bond motifs is 1. The van der Waals surface area contributed by atoms with Gasteiger partial charge in [0.15, 0.2) is 5.78 Å². The summed E-state index contributed by atoms with van der Waals surface area (Å²) < 4.78 is 10.8. The number of rotatable bonds is 3. The van der Waals surface area contributed by atoms with E-state index in [2.05, 4.69) is 5.32 Å². The van der Waals surface area contributed by atoms with Crippen molar-refractivity contribution in [1.82, 2.24) is 0 Å². The first-order valence-electron chi connectivity index (χ1n) is 9.73. The maximum atomic E-state index is 13.6. The SMILES string of the molecule is COc1cc(OC)cc(N2C(=N)C(=C3Cc4ccccc4N3)C(=O)C23CC(=O)C3)c1. The Kier molecular flexibility index (Phi) is 3.96. The standard InChI is InChI=1S/C23H21N3O4/c1-29-16-8-14(9-17(10-16)30-2)26-22(24)20(21(28)23(26)11-15(27)12-23)19-7-13-5-3-4-6-18(13)25-19/h3-6,8-10,24-25H,7,11-12H2,1-2H3. The fraction of sp³-hybridized carbons (Fsp3) is 0.261. The van der Waals surface area contributed by atoms with Crippen LogP contribution in [-0.4, -0.2) is 37.2 Å². The molecule has 1 saturated carbocycles. The number of para-hydroxylation sites is 1. The van der Waals surface area contributed by atoms with Gasteiger partial charge >= 0.3 is 0 Å². The van der Waals surface area contributed by atoms with Gasteiger partial charge in [-0.05, 0) is 11.6 Å². The lowest BCUT2D eigenvalue weighted by Gasteiger charge is -2.43. The van der Waals surface area contributed by atoms with Crippen LogP contribution in [0.2, 0.25) is 0 Å². The third-order valence-electron chi connectivity index (χ3n) is 6.08. The van der Waals surface area contributed by atoms with E-state index in [1.807, 2.05) is 24.3 Å². The molecular weight excluding hydrogens is 382 g/mol. The highest BCUT2D eigenvalue weighted by molar-refractivity contribution is 6.39. The molecule has 0 radical (unpaired) electrons. The van der Waals surface area contributed by atoms with Crippen LogP contribution in [-0.2, 0) is 16.0 Å². The summed E-state index contributed by atoms with van der Waals surface area (Å²) in [6.07, 6.45) is 0.744. The molecule has 2 heterocycles. The van der Waals surface area contributed by atoms with Crippen molar-refractivity contribution in [2.75, 3.05) is 24.4 Å². The molecule has 152 valence electrons. The molecule has 5 rings (SSSR count). The van der Waals surface area contributed by atoms with Crippen LogP contribution >= 0.6 is 0 Å². The Morgan fingerprint density at radius 3 is 2.30 bits per heavy atom. The smallest absolute Gasteiger partial charge is 0.195 e. The van der Waals surface area contributed by atoms with E-state index >= 15 is 0 Å². The molecule has 2 aromatic carbocycles. The van der Waals surface area contributed by atoms with E-state index in [0.29, 0.717) is 34.9 Å². The second-order valence-electron chi connectivity index (χ2n) is 7.82. The molecule has 1 saturated heterocycles. The zero-order chi connectivity index (χ0) is 21.0. The second-order valence-corrected chi connectivity index (χ2v) is 7.82. The van der Waals surface area contributed by atoms with Crippen molar-refractivity contribution in [1.29, 1.82) is 5.41 Å². The lowest BCUT2D eigenvalue weighted by Crippen LogP contribution is -2.59. The number of methoxy groups -OCH3 is 2. The van der Waals surface area contributed by atoms with Gasteiger partial charge in [-0.1, -0.05) is 18.2 Å². The molecule has 0 amide bonds. The minimum Gasteiger partial charge on any atom is -0.497 e. The van der Waals surface area contributed by atoms with E-state index in [9.17, 15) is 9.59 Å². The number of Topliss-reactive ketones (excluding diaryl/α,β-unsaturated/α-hetero) is 2. The van der Waals surface area contributed by atoms with Gasteiger partial charge in [-0.2, -0.15) is 0 Å². The maximum absolute atomic E-state index is 13.6. The zero-order valence-corrected chi connectivity index (χ0v) is 16.7. The van der Waals surface area contributed by atoms with Crippen molar-refractivity contribution in [3.8, 4) is 11.5 Å². The average molecular weight is 403 g/mol. The Morgan fingerprint density at radius 2 is 1.70 bits per heavy atom. The normalized spacial score (nSPS) is 21.5. The number of hydrogen-bond donors (Lipinski definition) is 2. The van der Waals surface area contributed by atoms with Gasteiger partial charge in [0.1, 0.15) is 28.7 Å². The van der Waals surface area contributed by atoms with Crippen LogP contribution in [0.3, 0.4) is 0 Å². The minimum absolute atomic E-state index is 0.0185. The number of nitrogens with one attached hydrogen (secondary N) is 2. The van der Waals surface area contributed by atoms with Crippen LogP contribution in [0, 0.1) is 5.41 Å². The van der Waals surface area contributed by atoms with Gasteiger partial charge in [-0.15, -0.1) is 0 Å². The predicted octanol–water partition coefficient (Wildman–Crippen LogP) is 3.09. The first kappa shape index (κ1) is 18.4. The predicted molar refractivity (Wildman–Crippen MR) is 113 cm³/mol. The summed E-state index contributed by atoms with van der Waals surface area (Å²) in [5.74, 6) is 1.04. The molecule has 0 atom stereocenters. The van der Waals surface area contributed by atoms with Gasteiger partial charge in [0.2, 0.25) is 0 Å². The Bertz CT molecular complexity index is 1090. The lowest BCUT2D eigenvalue weighted by molar-refractivity contribution is -0.135. The van der Waals surface area contributed by atoms with Gasteiger partial charge in [0, 0.05) is 48.8 Å². The summed E-state index contributed by atoms with van der Waals surface area (Å²) in [4.78, 5) is 27.3. The Hall–Kier alpha value is -3.61. The molecule has 0 aromatic heterocycles. The quantitative estimate of drug-likeness (QED) is 0.766. The summed E-state index contributed by atoms with van der Waals surface area (Å²) in [5.41, 5.74) is 2.64. The molecule has 2 aromatic rings. The first-order chi connectivity index (χ1) is 14.5. The van der Waals surface area contributed by atoms with E-state index in [-0.39, 0.29) is 30.2 Å². The summed E-state index contributed by atoms with van der Waals surface area (Å²) in [7, 11) is 3.10. The van der Waals surface area contributed by atoms with Gasteiger partial charge in [0.05, 0.1) is 25.5 Å². The Balaban J connectivity index is 1.64. The van der Waals surface area contributed by atoms with E-state index in [1.165, 1.54) is 0 Å². The van der Waals surface area contributed by atoms with Crippen LogP contribution in [0.1, 0.15) is 18.4 Å². The number of amidine groups is 1. The molecule has 3 aliphatic rings. The molecular formula is C23H21N3O4. The number of carbonyl (C=O) groups is 2. The van der Waals surface area contributed by atoms with Gasteiger partial charge < -0.3 is 19.7 Å². The Morgan fingerprint density at radius 1 is 1.03 bits per heavy atom. The highest BCUT2D eigenvalue weighted by atomic mass is 16.5. The molecule has 2 N–H and O–H groups in total. The van der Waals surface area contributed by atoms with Crippen LogP contribution in [0.15, 0.2) is 53.7 Å². The molecule has 2 aliphatic heterocycles. The topological polar surface area (TPSA) is 91.7 Å². The van der Waals surface area contributed by atoms with Crippen LogP contribution < -0.4 is 19.7 Å². The fourth-order valence-electron chi connectivity index (χ4n) is 4.61. The Labute approximate surface area is 173 Å². The molecule has 1 aliphatic carbocycles. The van der Waals surface area contributed by atoms with E-state index in [1.54, 1.807) is 37.3 Å². The van der Waals surface area contributed by atoms with Crippen molar-refractivity contribution in [2.45, 2.75) is 24.8 Å². The molecule has 1 spiro atoms. The average Bonchev–Trinajstić information content (AvgIpc) is 3.24. The number of allylic oxidation sites excluding steroid dienone is 1. The fourth-order valence-corrected chi connectivity index (χ4v) is 4.61. The number of hydrogen-bond acceptors (Lipinski definition) is 6. The van der Waals surface area contributed by atoms with Crippen LogP contribution in [0.4, 0.5) is 11.4 Å². The number of benzene rings is 2. The van der Waals surface area contributed by atoms with E-state index in [4.69, 9.17) is 14.9 Å². The lowest BCUT2D eigenvalue weighted by atomic mass is 9.72. The maximum Gasteiger partial charge on any atom is 0.195 e. The summed E-state index contributed by atoms with van der Waals surface area (Å²) >= 11 is 0. The van der Waals surface area contributed by atoms with Gasteiger partial charge in [-0.3, -0.25) is 15.0 Å². The third-order valence-corrected chi connectivity index (χ3v) is 6.08. The molecule has 0 bridgehead atoms. The number of ether oxygens (including phenoxy) is 2. The molecule has 30 heavy (non-hydrogen) atoms. The minimum atomic E-state index is -1.05. The molecule has 7 nitrogen and oxygen atoms in total. The van der Waals surface area contributed by atoms with Gasteiger partial charge in [0.25, 0.3) is 0 Å². The number of ketones is 2. The zero-order valence-electron chi connectivity index (χ0n) is 16.7. The summed E-state index contributed by atoms with van der Waals surface area (Å²) in [6.45, 7) is 0. The number of carbonyl (C=O) groups excluding carboxylic acids is 2. The molecule has 0 unspecified atom stereocenters. The number of anilines is 2. The van der Waals surface area contributed by atoms with E-state index < -0.39 is 5.54 Å². The van der Waals surface area contributed by atoms with Crippen molar-refractivity contribution in [3.05, 3.63) is 59.3 Å². The monoisotopic (exact) mass is 403 g/mol. The molecule has 7 heteroatoms. The third kappa shape index (κ3) is 2.48. The largest absolute Gasteiger partial charge is 0.497 e. The second kappa shape index (κ2) is 6.45. The van der Waals surface area contributed by atoms with Crippen LogP contribution in [0.25, 0.3) is 0 Å². The van der Waals surface area contributed by atoms with Crippen molar-refractivity contribution in [2.24, 2.45) is 0 Å². The van der Waals surface area contributed by atoms with E-state index in [0.717, 1.165) is 11.3 Å². The number of nitrogens with zero attached hydrogens (tertiary/aromatic N) is 1. The van der Waals surface area contributed by atoms with Crippen molar-refractivity contribution in [3.63, 3.8) is 0 Å². The van der Waals surface area contributed by atoms with Crippen molar-refractivity contribution < 1.29 is 19.1 Å². The summed E-state index contributed by atoms with van der Waals surface area (Å²) in [5, 5.41) is 12.2. The highest BCUT2D eigenvalue weighted by Gasteiger charge is 2.62.